The monoisotopic (exact) mass is 661 g/mol. The van der Waals surface area contributed by atoms with Gasteiger partial charge < -0.3 is 15.0 Å². The second-order valence-corrected chi connectivity index (χ2v) is 14.5. The van der Waals surface area contributed by atoms with Gasteiger partial charge in [0, 0.05) is 26.8 Å². The summed E-state index contributed by atoms with van der Waals surface area (Å²) in [6.45, 7) is -0.248. The second-order valence-electron chi connectivity index (χ2n) is 11.9. The number of fused-ring (bicyclic) bond motifs is 9. The van der Waals surface area contributed by atoms with Crippen LogP contribution in [0.15, 0.2) is 82.6 Å². The molecule has 3 amide bonds. The lowest BCUT2D eigenvalue weighted by atomic mass is 9.68. The fourth-order valence-electron chi connectivity index (χ4n) is 7.91. The third-order valence-electron chi connectivity index (χ3n) is 9.52. The average molecular weight is 662 g/mol. The van der Waals surface area contributed by atoms with Crippen LogP contribution in [0.5, 0.6) is 5.75 Å². The summed E-state index contributed by atoms with van der Waals surface area (Å²) in [5.41, 5.74) is 1.92. The Bertz CT molecular complexity index is 1910. The van der Waals surface area contributed by atoms with Crippen molar-refractivity contribution in [1.82, 2.24) is 4.98 Å². The maximum atomic E-state index is 13.9. The molecule has 8 rings (SSSR count). The molecule has 3 aromatic carbocycles. The molecule has 6 unspecified atom stereocenters. The van der Waals surface area contributed by atoms with Gasteiger partial charge in [-0.15, -0.1) is 11.8 Å². The van der Waals surface area contributed by atoms with Gasteiger partial charge in [-0.2, -0.15) is 0 Å². The Balaban J connectivity index is 1.08. The van der Waals surface area contributed by atoms with Crippen molar-refractivity contribution in [2.75, 3.05) is 16.8 Å². The fraction of sp³-hybridized carbons (Fsp3) is 0.273. The summed E-state index contributed by atoms with van der Waals surface area (Å²) in [6, 6.07) is 19.8. The van der Waals surface area contributed by atoms with Gasteiger partial charge >= 0.3 is 4.87 Å². The molecule has 1 aromatic heterocycles. The predicted molar refractivity (Wildman–Crippen MR) is 169 cm³/mol. The standard InChI is InChI=1S/C33H25ClFN3O5S2/c34-16-4-10-19(11-5-16)38-31(40)26-21-13-22(27(26)32(38)41)28-25(21)24(29-30(44-28)37-33(42)45-29)15-2-1-3-20(12-15)43-14-23(39)36-18-8-6-17(35)7-9-18/h1-12,21-22,24-28H,13-14H2,(H,36,39)(H,37,42)/t21?,22?,24-,25?,26?,27?,28?/m1/s1. The minimum absolute atomic E-state index is 0.00241. The van der Waals surface area contributed by atoms with E-state index in [1.54, 1.807) is 42.1 Å². The van der Waals surface area contributed by atoms with Crippen molar-refractivity contribution in [3.05, 3.63) is 104 Å². The number of nitrogens with one attached hydrogen (secondary N) is 2. The van der Waals surface area contributed by atoms with Crippen molar-refractivity contribution in [3.63, 3.8) is 0 Å². The molecule has 0 spiro atoms. The molecule has 8 nitrogen and oxygen atoms in total. The van der Waals surface area contributed by atoms with Crippen LogP contribution in [0, 0.1) is 35.4 Å². The SMILES string of the molecule is O=C(COc1cccc([C@H]2c3sc(=O)[nH]c3SC3C4CC(C5C(=O)N(c6ccc(Cl)cc6)C(=O)C45)C32)c1)Nc1ccc(F)cc1. The molecule has 4 aromatic rings. The number of aromatic amines is 1. The normalized spacial score (nSPS) is 27.7. The number of H-pyrrole nitrogens is 1. The van der Waals surface area contributed by atoms with Crippen LogP contribution in [0.2, 0.25) is 5.02 Å². The third kappa shape index (κ3) is 4.71. The van der Waals surface area contributed by atoms with Crippen LogP contribution in [0.3, 0.4) is 0 Å². The summed E-state index contributed by atoms with van der Waals surface area (Å²) in [5.74, 6) is -1.63. The van der Waals surface area contributed by atoms with Gasteiger partial charge in [0.05, 0.1) is 22.5 Å². The fourth-order valence-corrected chi connectivity index (χ4v) is 10.9. The highest BCUT2D eigenvalue weighted by molar-refractivity contribution is 8.00. The number of amides is 3. The van der Waals surface area contributed by atoms with Crippen LogP contribution in [0.4, 0.5) is 15.8 Å². The number of nitrogens with zero attached hydrogens (tertiary/aromatic N) is 1. The topological polar surface area (TPSA) is 109 Å². The van der Waals surface area contributed by atoms with Gasteiger partial charge in [-0.3, -0.25) is 24.1 Å². The Kier molecular flexibility index (Phi) is 6.88. The first-order chi connectivity index (χ1) is 21.8. The van der Waals surface area contributed by atoms with E-state index in [9.17, 15) is 23.6 Å². The molecule has 3 fully saturated rings. The van der Waals surface area contributed by atoms with E-state index >= 15 is 0 Å². The Morgan fingerprint density at radius 1 is 1.00 bits per heavy atom. The number of anilines is 2. The van der Waals surface area contributed by atoms with E-state index < -0.39 is 17.7 Å². The van der Waals surface area contributed by atoms with E-state index in [1.807, 2.05) is 18.2 Å². The maximum absolute atomic E-state index is 13.9. The number of halogens is 2. The van der Waals surface area contributed by atoms with Crippen LogP contribution in [0.1, 0.15) is 22.8 Å². The number of thioether (sulfide) groups is 1. The van der Waals surface area contributed by atoms with Gasteiger partial charge in [0.15, 0.2) is 6.61 Å². The molecule has 45 heavy (non-hydrogen) atoms. The zero-order valence-electron chi connectivity index (χ0n) is 23.4. The van der Waals surface area contributed by atoms with Crippen molar-refractivity contribution in [1.29, 1.82) is 0 Å². The van der Waals surface area contributed by atoms with E-state index in [4.69, 9.17) is 16.3 Å². The number of benzene rings is 3. The van der Waals surface area contributed by atoms with Gasteiger partial charge in [0.25, 0.3) is 5.91 Å². The zero-order valence-corrected chi connectivity index (χ0v) is 25.8. The van der Waals surface area contributed by atoms with Gasteiger partial charge in [-0.25, -0.2) is 4.39 Å². The Morgan fingerprint density at radius 3 is 2.49 bits per heavy atom. The highest BCUT2D eigenvalue weighted by Gasteiger charge is 2.69. The van der Waals surface area contributed by atoms with Crippen LogP contribution in [-0.2, 0) is 14.4 Å². The third-order valence-corrected chi connectivity index (χ3v) is 12.4. The van der Waals surface area contributed by atoms with E-state index in [-0.39, 0.29) is 58.1 Å². The van der Waals surface area contributed by atoms with Crippen LogP contribution in [-0.4, -0.2) is 34.6 Å². The highest BCUT2D eigenvalue weighted by atomic mass is 35.5. The number of aromatic nitrogens is 1. The summed E-state index contributed by atoms with van der Waals surface area (Å²) in [4.78, 5) is 58.0. The van der Waals surface area contributed by atoms with Crippen molar-refractivity contribution in [2.24, 2.45) is 29.6 Å². The Morgan fingerprint density at radius 2 is 1.73 bits per heavy atom. The average Bonchev–Trinajstić information content (AvgIpc) is 3.77. The first-order valence-electron chi connectivity index (χ1n) is 14.6. The summed E-state index contributed by atoms with van der Waals surface area (Å²) in [6.07, 6.45) is 0.777. The largest absolute Gasteiger partial charge is 0.484 e. The zero-order chi connectivity index (χ0) is 31.0. The second kappa shape index (κ2) is 10.9. The van der Waals surface area contributed by atoms with Crippen molar-refractivity contribution in [3.8, 4) is 5.75 Å². The Labute approximate surface area is 269 Å². The number of hydrogen-bond acceptors (Lipinski definition) is 7. The van der Waals surface area contributed by atoms with Gasteiger partial charge in [0.2, 0.25) is 11.8 Å². The van der Waals surface area contributed by atoms with Gasteiger partial charge in [-0.1, -0.05) is 35.1 Å². The number of thiazole rings is 1. The van der Waals surface area contributed by atoms with Gasteiger partial charge in [0.1, 0.15) is 11.6 Å². The highest BCUT2D eigenvalue weighted by Crippen LogP contribution is 2.68. The quantitative estimate of drug-likeness (QED) is 0.248. The first kappa shape index (κ1) is 28.5. The lowest BCUT2D eigenvalue weighted by molar-refractivity contribution is -0.123. The molecule has 0 radical (unpaired) electrons. The molecule has 2 saturated carbocycles. The van der Waals surface area contributed by atoms with Crippen molar-refractivity contribution in [2.45, 2.75) is 22.6 Å². The molecule has 12 heteroatoms. The molecule has 4 aliphatic rings. The van der Waals surface area contributed by atoms with E-state index in [0.29, 0.717) is 22.1 Å². The van der Waals surface area contributed by atoms with Crippen LogP contribution in [0.25, 0.3) is 0 Å². The van der Waals surface area contributed by atoms with Crippen molar-refractivity contribution >= 4 is 63.8 Å². The number of ether oxygens (including phenoxy) is 1. The number of hydrogen-bond donors (Lipinski definition) is 2. The van der Waals surface area contributed by atoms with E-state index in [1.165, 1.54) is 40.5 Å². The summed E-state index contributed by atoms with van der Waals surface area (Å²) in [5, 5.41) is 4.08. The lowest BCUT2D eigenvalue weighted by Crippen LogP contribution is -2.42. The number of imide groups is 1. The molecule has 228 valence electrons. The summed E-state index contributed by atoms with van der Waals surface area (Å²) < 4.78 is 19.1. The van der Waals surface area contributed by atoms with Crippen molar-refractivity contribution < 1.29 is 23.5 Å². The minimum atomic E-state index is -0.422. The molecule has 3 heterocycles. The molecular weight excluding hydrogens is 637 g/mol. The van der Waals surface area contributed by atoms with Crippen LogP contribution >= 0.6 is 34.7 Å². The molecular formula is C33H25ClFN3O5S2. The Hall–Kier alpha value is -3.93. The number of rotatable bonds is 6. The molecule has 7 atom stereocenters. The first-order valence-corrected chi connectivity index (χ1v) is 16.7. The van der Waals surface area contributed by atoms with E-state index in [0.717, 1.165) is 21.9 Å². The molecule has 2 bridgehead atoms. The molecule has 2 N–H and O–H groups in total. The van der Waals surface area contributed by atoms with E-state index in [2.05, 4.69) is 10.3 Å². The smallest absolute Gasteiger partial charge is 0.305 e. The number of carbonyl (C=O) groups excluding carboxylic acids is 3. The lowest BCUT2D eigenvalue weighted by Gasteiger charge is -2.43. The summed E-state index contributed by atoms with van der Waals surface area (Å²) in [7, 11) is 0. The minimum Gasteiger partial charge on any atom is -0.484 e. The molecule has 1 saturated heterocycles. The number of carbonyl (C=O) groups is 3. The van der Waals surface area contributed by atoms with Gasteiger partial charge in [-0.05, 0) is 90.4 Å². The molecule has 2 aliphatic carbocycles. The predicted octanol–water partition coefficient (Wildman–Crippen LogP) is 5.92. The molecule has 2 aliphatic heterocycles. The van der Waals surface area contributed by atoms with Crippen LogP contribution < -0.4 is 19.8 Å². The summed E-state index contributed by atoms with van der Waals surface area (Å²) >= 11 is 8.88. The maximum Gasteiger partial charge on any atom is 0.305 e.